The van der Waals surface area contributed by atoms with Crippen molar-refractivity contribution in [2.75, 3.05) is 44.2 Å². The first-order chi connectivity index (χ1) is 11.1. The molecular weight excluding hydrogens is 296 g/mol. The molecule has 0 spiro atoms. The summed E-state index contributed by atoms with van der Waals surface area (Å²) in [4.78, 5) is 30.7. The summed E-state index contributed by atoms with van der Waals surface area (Å²) in [7, 11) is 1.47. The number of aromatic amines is 1. The Morgan fingerprint density at radius 1 is 1.22 bits per heavy atom. The van der Waals surface area contributed by atoms with Gasteiger partial charge in [0.25, 0.3) is 5.56 Å². The summed E-state index contributed by atoms with van der Waals surface area (Å²) in [6.45, 7) is 5.66. The summed E-state index contributed by atoms with van der Waals surface area (Å²) >= 11 is 0. The molecule has 3 rings (SSSR count). The maximum absolute atomic E-state index is 11.7. The largest absolute Gasteiger partial charge is 0.375 e. The highest BCUT2D eigenvalue weighted by atomic mass is 16.5. The molecule has 2 fully saturated rings. The van der Waals surface area contributed by atoms with Crippen LogP contribution in [0.4, 0.5) is 5.82 Å². The zero-order valence-electron chi connectivity index (χ0n) is 13.8. The molecule has 7 heteroatoms. The SMILES string of the molecule is Cn1c(=O)cc(N2CCC(OCCN3CCCCC3)C2)[nH]c1=O. The van der Waals surface area contributed by atoms with E-state index in [0.29, 0.717) is 5.82 Å². The molecule has 1 aromatic heterocycles. The van der Waals surface area contributed by atoms with Gasteiger partial charge in [-0.25, -0.2) is 4.79 Å². The average Bonchev–Trinajstić information content (AvgIpc) is 3.02. The van der Waals surface area contributed by atoms with Crippen molar-refractivity contribution in [2.45, 2.75) is 31.8 Å². The van der Waals surface area contributed by atoms with Gasteiger partial charge in [-0.2, -0.15) is 0 Å². The van der Waals surface area contributed by atoms with Crippen molar-refractivity contribution in [3.8, 4) is 0 Å². The van der Waals surface area contributed by atoms with Gasteiger partial charge in [0.05, 0.1) is 12.7 Å². The molecule has 0 aliphatic carbocycles. The van der Waals surface area contributed by atoms with Crippen LogP contribution in [-0.2, 0) is 11.8 Å². The van der Waals surface area contributed by atoms with E-state index >= 15 is 0 Å². The standard InChI is InChI=1S/C16H26N4O3/c1-18-15(21)11-14(17-16(18)22)20-8-5-13(12-20)23-10-9-19-6-3-2-4-7-19/h11,13H,2-10,12H2,1H3,(H,17,22). The number of ether oxygens (including phenoxy) is 1. The second kappa shape index (κ2) is 7.31. The number of likely N-dealkylation sites (tertiary alicyclic amines) is 1. The third-order valence-electron chi connectivity index (χ3n) is 4.83. The van der Waals surface area contributed by atoms with Gasteiger partial charge >= 0.3 is 5.69 Å². The fraction of sp³-hybridized carbons (Fsp3) is 0.750. The van der Waals surface area contributed by atoms with Crippen molar-refractivity contribution in [3.63, 3.8) is 0 Å². The van der Waals surface area contributed by atoms with E-state index in [0.717, 1.165) is 37.2 Å². The highest BCUT2D eigenvalue weighted by Crippen LogP contribution is 2.18. The molecular formula is C16H26N4O3. The van der Waals surface area contributed by atoms with Gasteiger partial charge in [-0.05, 0) is 32.4 Å². The first kappa shape index (κ1) is 16.3. The smallest absolute Gasteiger partial charge is 0.329 e. The van der Waals surface area contributed by atoms with Gasteiger partial charge in [0.2, 0.25) is 0 Å². The Morgan fingerprint density at radius 3 is 2.74 bits per heavy atom. The van der Waals surface area contributed by atoms with Gasteiger partial charge in [0.1, 0.15) is 5.82 Å². The third kappa shape index (κ3) is 4.03. The molecule has 128 valence electrons. The van der Waals surface area contributed by atoms with E-state index in [9.17, 15) is 9.59 Å². The van der Waals surface area contributed by atoms with Crippen LogP contribution in [0.15, 0.2) is 15.7 Å². The lowest BCUT2D eigenvalue weighted by atomic mass is 10.1. The van der Waals surface area contributed by atoms with Crippen LogP contribution in [-0.4, -0.2) is 59.9 Å². The van der Waals surface area contributed by atoms with Gasteiger partial charge in [0.15, 0.2) is 0 Å². The van der Waals surface area contributed by atoms with Crippen molar-refractivity contribution < 1.29 is 4.74 Å². The lowest BCUT2D eigenvalue weighted by molar-refractivity contribution is 0.0467. The van der Waals surface area contributed by atoms with Gasteiger partial charge in [0, 0.05) is 32.7 Å². The minimum atomic E-state index is -0.373. The van der Waals surface area contributed by atoms with Crippen LogP contribution in [0.2, 0.25) is 0 Å². The Labute approximate surface area is 135 Å². The van der Waals surface area contributed by atoms with Gasteiger partial charge in [-0.3, -0.25) is 14.3 Å². The zero-order valence-corrected chi connectivity index (χ0v) is 13.8. The van der Waals surface area contributed by atoms with E-state index in [2.05, 4.69) is 9.88 Å². The molecule has 23 heavy (non-hydrogen) atoms. The van der Waals surface area contributed by atoms with Crippen molar-refractivity contribution in [3.05, 3.63) is 26.9 Å². The molecule has 1 atom stereocenters. The van der Waals surface area contributed by atoms with E-state index in [1.54, 1.807) is 0 Å². The molecule has 7 nitrogen and oxygen atoms in total. The van der Waals surface area contributed by atoms with E-state index in [4.69, 9.17) is 4.74 Å². The summed E-state index contributed by atoms with van der Waals surface area (Å²) in [5.41, 5.74) is -0.653. The lowest BCUT2D eigenvalue weighted by Gasteiger charge is -2.26. The zero-order chi connectivity index (χ0) is 16.2. The van der Waals surface area contributed by atoms with Crippen LogP contribution in [0.25, 0.3) is 0 Å². The number of hydrogen-bond donors (Lipinski definition) is 1. The predicted molar refractivity (Wildman–Crippen MR) is 89.2 cm³/mol. The molecule has 1 unspecified atom stereocenters. The molecule has 1 N–H and O–H groups in total. The molecule has 2 aliphatic rings. The Balaban J connectivity index is 1.48. The molecule has 0 bridgehead atoms. The van der Waals surface area contributed by atoms with Crippen molar-refractivity contribution in [2.24, 2.45) is 7.05 Å². The normalized spacial score (nSPS) is 22.7. The Hall–Kier alpha value is -1.60. The second-order valence-electron chi connectivity index (χ2n) is 6.49. The minimum absolute atomic E-state index is 0.173. The summed E-state index contributed by atoms with van der Waals surface area (Å²) in [6.07, 6.45) is 5.05. The van der Waals surface area contributed by atoms with Crippen molar-refractivity contribution in [1.29, 1.82) is 0 Å². The van der Waals surface area contributed by atoms with Crippen LogP contribution in [0.5, 0.6) is 0 Å². The highest BCUT2D eigenvalue weighted by molar-refractivity contribution is 5.38. The molecule has 0 amide bonds. The van der Waals surface area contributed by atoms with Crippen LogP contribution in [0.3, 0.4) is 0 Å². The number of anilines is 1. The average molecular weight is 322 g/mol. The summed E-state index contributed by atoms with van der Waals surface area (Å²) in [5, 5.41) is 0. The van der Waals surface area contributed by atoms with Gasteiger partial charge in [-0.1, -0.05) is 6.42 Å². The number of piperidine rings is 1. The Morgan fingerprint density at radius 2 is 2.00 bits per heavy atom. The number of hydrogen-bond acceptors (Lipinski definition) is 5. The summed E-state index contributed by atoms with van der Waals surface area (Å²) in [6, 6.07) is 1.48. The number of nitrogens with zero attached hydrogens (tertiary/aromatic N) is 3. The molecule has 0 radical (unpaired) electrons. The van der Waals surface area contributed by atoms with E-state index in [1.165, 1.54) is 45.5 Å². The predicted octanol–water partition coefficient (Wildman–Crippen LogP) is 0.155. The number of nitrogens with one attached hydrogen (secondary N) is 1. The molecule has 0 aromatic carbocycles. The van der Waals surface area contributed by atoms with Gasteiger partial charge < -0.3 is 14.5 Å². The summed E-state index contributed by atoms with van der Waals surface area (Å²) in [5.74, 6) is 0.597. The van der Waals surface area contributed by atoms with E-state index in [-0.39, 0.29) is 17.4 Å². The second-order valence-corrected chi connectivity index (χ2v) is 6.49. The lowest BCUT2D eigenvalue weighted by Crippen LogP contribution is -2.36. The molecule has 3 heterocycles. The van der Waals surface area contributed by atoms with Crippen LogP contribution in [0, 0.1) is 0 Å². The van der Waals surface area contributed by atoms with Crippen LogP contribution < -0.4 is 16.1 Å². The molecule has 0 saturated carbocycles. The number of rotatable bonds is 5. The van der Waals surface area contributed by atoms with Crippen LogP contribution in [0.1, 0.15) is 25.7 Å². The number of H-pyrrole nitrogens is 1. The highest BCUT2D eigenvalue weighted by Gasteiger charge is 2.24. The van der Waals surface area contributed by atoms with Crippen LogP contribution >= 0.6 is 0 Å². The number of aromatic nitrogens is 2. The van der Waals surface area contributed by atoms with E-state index in [1.807, 2.05) is 4.90 Å². The maximum Gasteiger partial charge on any atom is 0.329 e. The molecule has 1 aromatic rings. The Kier molecular flexibility index (Phi) is 5.17. The quantitative estimate of drug-likeness (QED) is 0.836. The third-order valence-corrected chi connectivity index (χ3v) is 4.83. The summed E-state index contributed by atoms with van der Waals surface area (Å²) < 4.78 is 7.06. The maximum atomic E-state index is 11.7. The van der Waals surface area contributed by atoms with Crippen molar-refractivity contribution >= 4 is 5.82 Å². The fourth-order valence-corrected chi connectivity index (χ4v) is 3.33. The minimum Gasteiger partial charge on any atom is -0.375 e. The molecule has 2 saturated heterocycles. The fourth-order valence-electron chi connectivity index (χ4n) is 3.33. The Bertz CT molecular complexity index is 602. The first-order valence-corrected chi connectivity index (χ1v) is 8.53. The topological polar surface area (TPSA) is 70.6 Å². The first-order valence-electron chi connectivity index (χ1n) is 8.53. The molecule has 2 aliphatic heterocycles. The van der Waals surface area contributed by atoms with E-state index < -0.39 is 0 Å². The van der Waals surface area contributed by atoms with Crippen molar-refractivity contribution in [1.82, 2.24) is 14.5 Å². The van der Waals surface area contributed by atoms with Gasteiger partial charge in [-0.15, -0.1) is 0 Å². The monoisotopic (exact) mass is 322 g/mol.